The molecule has 6 heteroatoms. The highest BCUT2D eigenvalue weighted by Gasteiger charge is 2.42. The molecule has 0 radical (unpaired) electrons. The largest absolute Gasteiger partial charge is 0.506 e. The maximum absolute atomic E-state index is 10.4. The Morgan fingerprint density at radius 1 is 1.12 bits per heavy atom. The van der Waals surface area contributed by atoms with Gasteiger partial charge in [-0.25, -0.2) is 0 Å². The lowest BCUT2D eigenvalue weighted by Crippen LogP contribution is -2.29. The van der Waals surface area contributed by atoms with E-state index < -0.39 is 0 Å². The van der Waals surface area contributed by atoms with Crippen molar-refractivity contribution in [2.75, 3.05) is 4.90 Å². The Labute approximate surface area is 157 Å². The molecule has 1 aliphatic heterocycles. The number of aryl methyl sites for hydroxylation is 2. The topological polar surface area (TPSA) is 64.2 Å². The van der Waals surface area contributed by atoms with Crippen LogP contribution in [0.3, 0.4) is 0 Å². The standard InChI is InChI=1S/C20H20N4OS/c1-12-11-14(13(2)22-12)19-18(15-7-5-6-10-21-15)23-20(26)24(19)16-8-3-4-9-17(16)25/h3-11,18-19,22,25H,1-2H3,(H,23,26). The highest BCUT2D eigenvalue weighted by molar-refractivity contribution is 7.80. The summed E-state index contributed by atoms with van der Waals surface area (Å²) in [5.74, 6) is 0.202. The molecule has 2 aromatic heterocycles. The van der Waals surface area contributed by atoms with Crippen molar-refractivity contribution in [3.63, 3.8) is 0 Å². The first-order valence-electron chi connectivity index (χ1n) is 8.51. The number of thiocarbonyl (C=S) groups is 1. The van der Waals surface area contributed by atoms with Crippen molar-refractivity contribution in [3.8, 4) is 5.75 Å². The molecule has 0 amide bonds. The molecular weight excluding hydrogens is 344 g/mol. The third-order valence-corrected chi connectivity index (χ3v) is 5.06. The van der Waals surface area contributed by atoms with Gasteiger partial charge in [-0.3, -0.25) is 4.98 Å². The second-order valence-electron chi connectivity index (χ2n) is 6.52. The zero-order valence-electron chi connectivity index (χ0n) is 14.6. The predicted octanol–water partition coefficient (Wildman–Crippen LogP) is 3.91. The first-order chi connectivity index (χ1) is 12.6. The number of benzene rings is 1. The lowest BCUT2D eigenvalue weighted by Gasteiger charge is -2.28. The molecule has 2 atom stereocenters. The number of phenols is 1. The molecule has 26 heavy (non-hydrogen) atoms. The van der Waals surface area contributed by atoms with Crippen LogP contribution in [0.1, 0.15) is 34.7 Å². The van der Waals surface area contributed by atoms with E-state index in [1.807, 2.05) is 48.2 Å². The molecule has 0 bridgehead atoms. The molecule has 1 aromatic carbocycles. The number of hydrogen-bond donors (Lipinski definition) is 3. The zero-order valence-corrected chi connectivity index (χ0v) is 15.4. The molecule has 4 rings (SSSR count). The molecular formula is C20H20N4OS. The zero-order chi connectivity index (χ0) is 18.3. The molecule has 132 valence electrons. The van der Waals surface area contributed by atoms with Crippen LogP contribution in [0.5, 0.6) is 5.75 Å². The van der Waals surface area contributed by atoms with Crippen molar-refractivity contribution in [1.82, 2.24) is 15.3 Å². The maximum atomic E-state index is 10.4. The minimum atomic E-state index is -0.115. The monoisotopic (exact) mass is 364 g/mol. The van der Waals surface area contributed by atoms with E-state index in [0.717, 1.165) is 22.6 Å². The summed E-state index contributed by atoms with van der Waals surface area (Å²) in [6, 6.07) is 15.0. The molecule has 1 aliphatic rings. The number of phenolic OH excluding ortho intramolecular Hbond substituents is 1. The van der Waals surface area contributed by atoms with Crippen LogP contribution in [0.25, 0.3) is 0 Å². The molecule has 0 spiro atoms. The highest BCUT2D eigenvalue weighted by Crippen LogP contribution is 2.44. The fraction of sp³-hybridized carbons (Fsp3) is 0.200. The van der Waals surface area contributed by atoms with Gasteiger partial charge < -0.3 is 20.3 Å². The molecule has 0 aliphatic carbocycles. The van der Waals surface area contributed by atoms with Crippen molar-refractivity contribution < 1.29 is 5.11 Å². The van der Waals surface area contributed by atoms with Crippen LogP contribution < -0.4 is 10.2 Å². The molecule has 3 N–H and O–H groups in total. The molecule has 0 saturated carbocycles. The Morgan fingerprint density at radius 3 is 2.54 bits per heavy atom. The second-order valence-corrected chi connectivity index (χ2v) is 6.90. The summed E-state index contributed by atoms with van der Waals surface area (Å²) in [6.07, 6.45) is 1.79. The SMILES string of the molecule is Cc1cc(C2C(c3ccccn3)NC(=S)N2c2ccccc2O)c(C)[nH]1. The molecule has 3 heterocycles. The summed E-state index contributed by atoms with van der Waals surface area (Å²) in [4.78, 5) is 9.90. The van der Waals surface area contributed by atoms with Crippen LogP contribution in [0.2, 0.25) is 0 Å². The van der Waals surface area contributed by atoms with Crippen LogP contribution in [0, 0.1) is 13.8 Å². The fourth-order valence-electron chi connectivity index (χ4n) is 3.65. The Balaban J connectivity index is 1.88. The van der Waals surface area contributed by atoms with E-state index in [1.165, 1.54) is 0 Å². The van der Waals surface area contributed by atoms with Gasteiger partial charge >= 0.3 is 0 Å². The summed E-state index contributed by atoms with van der Waals surface area (Å²) in [6.45, 7) is 4.10. The summed E-state index contributed by atoms with van der Waals surface area (Å²) in [5.41, 5.74) is 4.91. The number of aromatic amines is 1. The highest BCUT2D eigenvalue weighted by atomic mass is 32.1. The van der Waals surface area contributed by atoms with Crippen LogP contribution in [0.15, 0.2) is 54.7 Å². The molecule has 3 aromatic rings. The van der Waals surface area contributed by atoms with E-state index in [9.17, 15) is 5.11 Å². The predicted molar refractivity (Wildman–Crippen MR) is 106 cm³/mol. The average molecular weight is 364 g/mol. The van der Waals surface area contributed by atoms with E-state index in [1.54, 1.807) is 12.3 Å². The van der Waals surface area contributed by atoms with E-state index in [4.69, 9.17) is 12.2 Å². The Bertz CT molecular complexity index is 953. The second kappa shape index (κ2) is 6.46. The van der Waals surface area contributed by atoms with Gasteiger partial charge in [0.05, 0.1) is 23.5 Å². The number of hydrogen-bond acceptors (Lipinski definition) is 3. The Hall–Kier alpha value is -2.86. The molecule has 2 unspecified atom stereocenters. The van der Waals surface area contributed by atoms with Crippen LogP contribution in [-0.4, -0.2) is 20.2 Å². The van der Waals surface area contributed by atoms with Crippen molar-refractivity contribution >= 4 is 23.0 Å². The van der Waals surface area contributed by atoms with Crippen LogP contribution >= 0.6 is 12.2 Å². The van der Waals surface area contributed by atoms with Crippen molar-refractivity contribution in [2.24, 2.45) is 0 Å². The maximum Gasteiger partial charge on any atom is 0.174 e. The number of aromatic hydroxyl groups is 1. The third-order valence-electron chi connectivity index (χ3n) is 4.75. The number of para-hydroxylation sites is 2. The van der Waals surface area contributed by atoms with Gasteiger partial charge in [0.2, 0.25) is 0 Å². The smallest absolute Gasteiger partial charge is 0.174 e. The van der Waals surface area contributed by atoms with E-state index in [2.05, 4.69) is 28.3 Å². The van der Waals surface area contributed by atoms with Crippen molar-refractivity contribution in [1.29, 1.82) is 0 Å². The van der Waals surface area contributed by atoms with E-state index >= 15 is 0 Å². The number of nitrogens with zero attached hydrogens (tertiary/aromatic N) is 2. The lowest BCUT2D eigenvalue weighted by atomic mass is 9.96. The van der Waals surface area contributed by atoms with Gasteiger partial charge in [0, 0.05) is 17.6 Å². The van der Waals surface area contributed by atoms with Gasteiger partial charge in [0.1, 0.15) is 5.75 Å². The van der Waals surface area contributed by atoms with Gasteiger partial charge in [-0.05, 0) is 62.0 Å². The fourth-order valence-corrected chi connectivity index (χ4v) is 3.99. The summed E-state index contributed by atoms with van der Waals surface area (Å²) in [5, 5.41) is 14.4. The van der Waals surface area contributed by atoms with Gasteiger partial charge in [-0.1, -0.05) is 18.2 Å². The minimum absolute atomic E-state index is 0.114. The van der Waals surface area contributed by atoms with Crippen molar-refractivity contribution in [3.05, 3.63) is 77.4 Å². The number of anilines is 1. The molecule has 5 nitrogen and oxygen atoms in total. The Kier molecular flexibility index (Phi) is 4.12. The van der Waals surface area contributed by atoms with Crippen LogP contribution in [-0.2, 0) is 0 Å². The van der Waals surface area contributed by atoms with E-state index in [0.29, 0.717) is 10.8 Å². The lowest BCUT2D eigenvalue weighted by molar-refractivity contribution is 0.472. The van der Waals surface area contributed by atoms with Gasteiger partial charge in [0.25, 0.3) is 0 Å². The third kappa shape index (κ3) is 2.72. The van der Waals surface area contributed by atoms with Crippen LogP contribution in [0.4, 0.5) is 5.69 Å². The van der Waals surface area contributed by atoms with Gasteiger partial charge in [0.15, 0.2) is 5.11 Å². The average Bonchev–Trinajstić information content (AvgIpc) is 3.14. The number of H-pyrrole nitrogens is 1. The molecule has 1 saturated heterocycles. The molecule has 1 fully saturated rings. The van der Waals surface area contributed by atoms with Gasteiger partial charge in [-0.15, -0.1) is 0 Å². The minimum Gasteiger partial charge on any atom is -0.506 e. The first-order valence-corrected chi connectivity index (χ1v) is 8.92. The normalized spacial score (nSPS) is 19.6. The summed E-state index contributed by atoms with van der Waals surface area (Å²) < 4.78 is 0. The Morgan fingerprint density at radius 2 is 1.88 bits per heavy atom. The number of rotatable bonds is 3. The first kappa shape index (κ1) is 16.6. The number of nitrogens with one attached hydrogen (secondary N) is 2. The van der Waals surface area contributed by atoms with E-state index in [-0.39, 0.29) is 17.8 Å². The van der Waals surface area contributed by atoms with Crippen molar-refractivity contribution in [2.45, 2.75) is 25.9 Å². The summed E-state index contributed by atoms with van der Waals surface area (Å²) >= 11 is 5.65. The van der Waals surface area contributed by atoms with Gasteiger partial charge in [-0.2, -0.15) is 0 Å². The quantitative estimate of drug-likeness (QED) is 0.615. The number of aromatic nitrogens is 2. The number of pyridine rings is 1. The summed E-state index contributed by atoms with van der Waals surface area (Å²) in [7, 11) is 0.